The van der Waals surface area contributed by atoms with E-state index in [4.69, 9.17) is 0 Å². The Morgan fingerprint density at radius 2 is 1.95 bits per heavy atom. The van der Waals surface area contributed by atoms with E-state index in [2.05, 4.69) is 50.8 Å². The highest BCUT2D eigenvalue weighted by atomic mass is 79.9. The van der Waals surface area contributed by atoms with Crippen LogP contribution in [0.2, 0.25) is 0 Å². The number of hydrogen-bond acceptors (Lipinski definition) is 2. The topological polar surface area (TPSA) is 58.2 Å². The molecule has 1 saturated carbocycles. The summed E-state index contributed by atoms with van der Waals surface area (Å²) in [7, 11) is 0. The maximum Gasteiger partial charge on any atom is 0.321 e. The molecule has 4 nitrogen and oxygen atoms in total. The number of carbonyl (C=O) groups is 2. The first kappa shape index (κ1) is 15.0. The standard InChI is InChI=1S/C15H19BrN2O2/c1-10(19)18-15(20)17-9-11-2-3-13(8-11)12-4-6-14(16)7-5-12/h4-7,11,13H,2-3,8-9H2,1H3,(H2,17,18,19,20)/t11?,13-/m1/s1. The van der Waals surface area contributed by atoms with Crippen LogP contribution in [0.25, 0.3) is 0 Å². The second kappa shape index (κ2) is 6.88. The molecule has 0 spiro atoms. The summed E-state index contributed by atoms with van der Waals surface area (Å²) in [5, 5.41) is 4.98. The third kappa shape index (κ3) is 4.34. The van der Waals surface area contributed by atoms with E-state index in [0.29, 0.717) is 18.4 Å². The normalized spacial score (nSPS) is 21.5. The lowest BCUT2D eigenvalue weighted by Crippen LogP contribution is -2.40. The summed E-state index contributed by atoms with van der Waals surface area (Å²) in [6.45, 7) is 1.96. The molecule has 0 bridgehead atoms. The molecule has 0 radical (unpaired) electrons. The van der Waals surface area contributed by atoms with Gasteiger partial charge in [0.25, 0.3) is 0 Å². The van der Waals surface area contributed by atoms with Crippen LogP contribution in [0.1, 0.15) is 37.7 Å². The Labute approximate surface area is 127 Å². The summed E-state index contributed by atoms with van der Waals surface area (Å²) in [6, 6.07) is 8.06. The number of carbonyl (C=O) groups excluding carboxylic acids is 2. The number of hydrogen-bond donors (Lipinski definition) is 2. The van der Waals surface area contributed by atoms with Gasteiger partial charge in [0.2, 0.25) is 5.91 Å². The number of nitrogens with one attached hydrogen (secondary N) is 2. The van der Waals surface area contributed by atoms with Crippen LogP contribution in [0.3, 0.4) is 0 Å². The molecule has 1 aromatic carbocycles. The van der Waals surface area contributed by atoms with Crippen molar-refractivity contribution in [2.45, 2.75) is 32.1 Å². The highest BCUT2D eigenvalue weighted by Gasteiger charge is 2.26. The van der Waals surface area contributed by atoms with E-state index in [9.17, 15) is 9.59 Å². The molecule has 1 aliphatic rings. The summed E-state index contributed by atoms with van der Waals surface area (Å²) in [5.41, 5.74) is 1.36. The zero-order valence-electron chi connectivity index (χ0n) is 11.5. The first-order chi connectivity index (χ1) is 9.54. The number of halogens is 1. The van der Waals surface area contributed by atoms with Crippen molar-refractivity contribution >= 4 is 27.9 Å². The molecule has 2 atom stereocenters. The first-order valence-electron chi connectivity index (χ1n) is 6.85. The second-order valence-corrected chi connectivity index (χ2v) is 6.23. The second-order valence-electron chi connectivity index (χ2n) is 5.32. The minimum absolute atomic E-state index is 0.332. The molecule has 1 fully saturated rings. The van der Waals surface area contributed by atoms with Gasteiger partial charge in [0.05, 0.1) is 0 Å². The van der Waals surface area contributed by atoms with Crippen LogP contribution in [0.15, 0.2) is 28.7 Å². The highest BCUT2D eigenvalue weighted by molar-refractivity contribution is 9.10. The number of benzene rings is 1. The summed E-state index contributed by atoms with van der Waals surface area (Å²) < 4.78 is 1.10. The number of urea groups is 1. The number of imide groups is 1. The van der Waals surface area contributed by atoms with E-state index < -0.39 is 6.03 Å². The molecule has 20 heavy (non-hydrogen) atoms. The molecule has 0 aromatic heterocycles. The van der Waals surface area contributed by atoms with E-state index in [-0.39, 0.29) is 5.91 Å². The lowest BCUT2D eigenvalue weighted by Gasteiger charge is -2.13. The Morgan fingerprint density at radius 1 is 1.25 bits per heavy atom. The number of amides is 3. The third-order valence-corrected chi connectivity index (χ3v) is 4.25. The third-order valence-electron chi connectivity index (χ3n) is 3.72. The molecule has 2 N–H and O–H groups in total. The molecule has 1 aromatic rings. The van der Waals surface area contributed by atoms with Gasteiger partial charge in [-0.25, -0.2) is 4.79 Å². The molecule has 0 aliphatic heterocycles. The Balaban J connectivity index is 1.79. The van der Waals surface area contributed by atoms with Crippen LogP contribution in [-0.4, -0.2) is 18.5 Å². The van der Waals surface area contributed by atoms with Crippen LogP contribution >= 0.6 is 15.9 Å². The van der Waals surface area contributed by atoms with Crippen molar-refractivity contribution in [2.75, 3.05) is 6.54 Å². The van der Waals surface area contributed by atoms with Crippen molar-refractivity contribution in [1.29, 1.82) is 0 Å². The zero-order valence-corrected chi connectivity index (χ0v) is 13.1. The van der Waals surface area contributed by atoms with Crippen molar-refractivity contribution in [2.24, 2.45) is 5.92 Å². The Hall–Kier alpha value is -1.36. The zero-order chi connectivity index (χ0) is 14.5. The lowest BCUT2D eigenvalue weighted by molar-refractivity contribution is -0.117. The minimum atomic E-state index is -0.399. The average Bonchev–Trinajstić information content (AvgIpc) is 2.85. The fourth-order valence-corrected chi connectivity index (χ4v) is 3.00. The summed E-state index contributed by atoms with van der Waals surface area (Å²) in [6.07, 6.45) is 3.35. The van der Waals surface area contributed by atoms with E-state index >= 15 is 0 Å². The quantitative estimate of drug-likeness (QED) is 0.889. The fraction of sp³-hybridized carbons (Fsp3) is 0.467. The summed E-state index contributed by atoms with van der Waals surface area (Å²) >= 11 is 3.44. The van der Waals surface area contributed by atoms with Gasteiger partial charge in [0, 0.05) is 17.9 Å². The van der Waals surface area contributed by atoms with Gasteiger partial charge in [0.1, 0.15) is 0 Å². The van der Waals surface area contributed by atoms with E-state index in [1.807, 2.05) is 0 Å². The van der Waals surface area contributed by atoms with Gasteiger partial charge in [-0.3, -0.25) is 10.1 Å². The van der Waals surface area contributed by atoms with E-state index in [1.54, 1.807) is 0 Å². The average molecular weight is 339 g/mol. The van der Waals surface area contributed by atoms with Gasteiger partial charge in [-0.05, 0) is 48.8 Å². The van der Waals surface area contributed by atoms with Crippen LogP contribution < -0.4 is 10.6 Å². The summed E-state index contributed by atoms with van der Waals surface area (Å²) in [4.78, 5) is 22.1. The molecular formula is C15H19BrN2O2. The van der Waals surface area contributed by atoms with Crippen LogP contribution in [-0.2, 0) is 4.79 Å². The number of rotatable bonds is 3. The lowest BCUT2D eigenvalue weighted by atomic mass is 9.96. The van der Waals surface area contributed by atoms with Gasteiger partial charge < -0.3 is 5.32 Å². The van der Waals surface area contributed by atoms with Crippen LogP contribution in [0, 0.1) is 5.92 Å². The molecule has 0 saturated heterocycles. The molecule has 108 valence electrons. The maximum atomic E-state index is 11.4. The SMILES string of the molecule is CC(=O)NC(=O)NCC1CC[C@@H](c2ccc(Br)cc2)C1. The predicted octanol–water partition coefficient (Wildman–Crippen LogP) is 3.18. The van der Waals surface area contributed by atoms with Gasteiger partial charge >= 0.3 is 6.03 Å². The van der Waals surface area contributed by atoms with Crippen molar-refractivity contribution in [3.63, 3.8) is 0 Å². The largest absolute Gasteiger partial charge is 0.338 e. The Kier molecular flexibility index (Phi) is 5.17. The molecule has 2 rings (SSSR count). The van der Waals surface area contributed by atoms with Crippen molar-refractivity contribution in [3.8, 4) is 0 Å². The van der Waals surface area contributed by atoms with Crippen molar-refractivity contribution in [1.82, 2.24) is 10.6 Å². The molecular weight excluding hydrogens is 320 g/mol. The van der Waals surface area contributed by atoms with Gasteiger partial charge in [0.15, 0.2) is 0 Å². The van der Waals surface area contributed by atoms with Gasteiger partial charge in [-0.15, -0.1) is 0 Å². The smallest absolute Gasteiger partial charge is 0.321 e. The predicted molar refractivity (Wildman–Crippen MR) is 81.4 cm³/mol. The van der Waals surface area contributed by atoms with Crippen molar-refractivity contribution < 1.29 is 9.59 Å². The monoisotopic (exact) mass is 338 g/mol. The first-order valence-corrected chi connectivity index (χ1v) is 7.65. The fourth-order valence-electron chi connectivity index (χ4n) is 2.74. The van der Waals surface area contributed by atoms with Crippen LogP contribution in [0.4, 0.5) is 4.79 Å². The molecule has 5 heteroatoms. The maximum absolute atomic E-state index is 11.4. The minimum Gasteiger partial charge on any atom is -0.338 e. The summed E-state index contributed by atoms with van der Waals surface area (Å²) in [5.74, 6) is 0.730. The van der Waals surface area contributed by atoms with Crippen LogP contribution in [0.5, 0.6) is 0 Å². The Morgan fingerprint density at radius 3 is 2.60 bits per heavy atom. The molecule has 1 unspecified atom stereocenters. The van der Waals surface area contributed by atoms with Crippen molar-refractivity contribution in [3.05, 3.63) is 34.3 Å². The molecule has 1 aliphatic carbocycles. The Bertz CT molecular complexity index is 487. The van der Waals surface area contributed by atoms with E-state index in [0.717, 1.165) is 23.7 Å². The molecule has 0 heterocycles. The van der Waals surface area contributed by atoms with Gasteiger partial charge in [-0.2, -0.15) is 0 Å². The molecule has 3 amide bonds. The van der Waals surface area contributed by atoms with E-state index in [1.165, 1.54) is 12.5 Å². The van der Waals surface area contributed by atoms with Gasteiger partial charge in [-0.1, -0.05) is 28.1 Å². The highest BCUT2D eigenvalue weighted by Crippen LogP contribution is 2.38.